The smallest absolute Gasteiger partial charge is 0.221 e. The Balaban J connectivity index is 1.58. The van der Waals surface area contributed by atoms with Crippen LogP contribution < -0.4 is 10.6 Å². The fraction of sp³-hybridized carbons (Fsp3) is 0.929. The highest BCUT2D eigenvalue weighted by Gasteiger charge is 2.53. The predicted octanol–water partition coefficient (Wildman–Crippen LogP) is 2.07. The lowest BCUT2D eigenvalue weighted by atomic mass is 10.0. The Morgan fingerprint density at radius 3 is 2.41 bits per heavy atom. The lowest BCUT2D eigenvalue weighted by Gasteiger charge is -2.20. The van der Waals surface area contributed by atoms with Crippen molar-refractivity contribution in [1.82, 2.24) is 10.6 Å². The molecule has 2 aliphatic rings. The van der Waals surface area contributed by atoms with E-state index >= 15 is 0 Å². The zero-order valence-corrected chi connectivity index (χ0v) is 11.4. The van der Waals surface area contributed by atoms with Crippen molar-refractivity contribution in [2.45, 2.75) is 58.4 Å². The van der Waals surface area contributed by atoms with Crippen LogP contribution in [-0.2, 0) is 4.79 Å². The largest absolute Gasteiger partial charge is 0.355 e. The molecule has 0 spiro atoms. The molecule has 0 unspecified atom stereocenters. The molecule has 0 radical (unpaired) electrons. The van der Waals surface area contributed by atoms with Crippen molar-refractivity contribution in [1.29, 1.82) is 0 Å². The van der Waals surface area contributed by atoms with Crippen LogP contribution in [0.15, 0.2) is 0 Å². The first kappa shape index (κ1) is 12.9. The van der Waals surface area contributed by atoms with E-state index in [1.54, 1.807) is 0 Å². The van der Waals surface area contributed by atoms with Gasteiger partial charge in [-0.3, -0.25) is 4.79 Å². The van der Waals surface area contributed by atoms with Crippen molar-refractivity contribution < 1.29 is 4.79 Å². The van der Waals surface area contributed by atoms with E-state index < -0.39 is 0 Å². The molecule has 1 amide bonds. The van der Waals surface area contributed by atoms with Crippen LogP contribution >= 0.6 is 0 Å². The van der Waals surface area contributed by atoms with E-state index in [2.05, 4.69) is 31.4 Å². The van der Waals surface area contributed by atoms with Crippen molar-refractivity contribution in [3.05, 3.63) is 0 Å². The summed E-state index contributed by atoms with van der Waals surface area (Å²) in [6, 6.07) is 0. The molecule has 2 rings (SSSR count). The van der Waals surface area contributed by atoms with Gasteiger partial charge >= 0.3 is 0 Å². The first-order chi connectivity index (χ1) is 7.91. The summed E-state index contributed by atoms with van der Waals surface area (Å²) in [6.45, 7) is 8.06. The second-order valence-corrected chi connectivity index (χ2v) is 6.84. The molecule has 0 atom stereocenters. The van der Waals surface area contributed by atoms with E-state index in [0.717, 1.165) is 19.0 Å². The van der Waals surface area contributed by atoms with E-state index in [1.807, 2.05) is 0 Å². The number of hydrogen-bond acceptors (Lipinski definition) is 2. The van der Waals surface area contributed by atoms with Crippen molar-refractivity contribution in [3.63, 3.8) is 0 Å². The summed E-state index contributed by atoms with van der Waals surface area (Å²) in [7, 11) is 0. The SMILES string of the molecule is CC(C)(C)NCCC(=O)NCC1(C2CC2)CC1. The molecule has 2 saturated carbocycles. The first-order valence-electron chi connectivity index (χ1n) is 6.93. The van der Waals surface area contributed by atoms with Crippen LogP contribution in [0.3, 0.4) is 0 Å². The van der Waals surface area contributed by atoms with Crippen LogP contribution in [0.1, 0.15) is 52.9 Å². The van der Waals surface area contributed by atoms with E-state index in [-0.39, 0.29) is 11.4 Å². The molecule has 17 heavy (non-hydrogen) atoms. The monoisotopic (exact) mass is 238 g/mol. The minimum atomic E-state index is 0.103. The standard InChI is InChI=1S/C14H26N2O/c1-13(2,3)16-9-6-12(17)15-10-14(7-8-14)11-4-5-11/h11,16H,4-10H2,1-3H3,(H,15,17). The molecule has 0 aromatic heterocycles. The Morgan fingerprint density at radius 2 is 1.94 bits per heavy atom. The molecule has 0 heterocycles. The van der Waals surface area contributed by atoms with Gasteiger partial charge in [0, 0.05) is 25.0 Å². The second kappa shape index (κ2) is 4.60. The summed E-state index contributed by atoms with van der Waals surface area (Å²) in [5.41, 5.74) is 0.624. The van der Waals surface area contributed by atoms with E-state index in [4.69, 9.17) is 0 Å². The topological polar surface area (TPSA) is 41.1 Å². The van der Waals surface area contributed by atoms with Gasteiger partial charge in [0.15, 0.2) is 0 Å². The molecule has 2 N–H and O–H groups in total. The Kier molecular flexibility index (Phi) is 3.48. The molecule has 3 heteroatoms. The van der Waals surface area contributed by atoms with Gasteiger partial charge in [-0.15, -0.1) is 0 Å². The summed E-state index contributed by atoms with van der Waals surface area (Å²) in [4.78, 5) is 11.7. The van der Waals surface area contributed by atoms with Crippen LogP contribution in [0.4, 0.5) is 0 Å². The molecule has 0 saturated heterocycles. The van der Waals surface area contributed by atoms with Crippen LogP contribution in [0.5, 0.6) is 0 Å². The number of amides is 1. The maximum Gasteiger partial charge on any atom is 0.221 e. The van der Waals surface area contributed by atoms with Crippen molar-refractivity contribution in [2.24, 2.45) is 11.3 Å². The second-order valence-electron chi connectivity index (χ2n) is 6.84. The zero-order valence-electron chi connectivity index (χ0n) is 11.4. The molecule has 3 nitrogen and oxygen atoms in total. The van der Waals surface area contributed by atoms with Crippen molar-refractivity contribution in [2.75, 3.05) is 13.1 Å². The molecule has 98 valence electrons. The lowest BCUT2D eigenvalue weighted by Crippen LogP contribution is -2.39. The molecule has 2 fully saturated rings. The fourth-order valence-corrected chi connectivity index (χ4v) is 2.50. The van der Waals surface area contributed by atoms with Gasteiger partial charge in [0.05, 0.1) is 0 Å². The quantitative estimate of drug-likeness (QED) is 0.744. The van der Waals surface area contributed by atoms with E-state index in [9.17, 15) is 4.79 Å². The fourth-order valence-electron chi connectivity index (χ4n) is 2.50. The highest BCUT2D eigenvalue weighted by Crippen LogP contribution is 2.60. The first-order valence-corrected chi connectivity index (χ1v) is 6.93. The van der Waals surface area contributed by atoms with E-state index in [0.29, 0.717) is 11.8 Å². The molecule has 0 aliphatic heterocycles. The summed E-state index contributed by atoms with van der Waals surface area (Å²) in [6.07, 6.45) is 6.04. The third-order valence-electron chi connectivity index (χ3n) is 3.98. The Morgan fingerprint density at radius 1 is 1.29 bits per heavy atom. The van der Waals surface area contributed by atoms with Gasteiger partial charge in [0.2, 0.25) is 5.91 Å². The minimum absolute atomic E-state index is 0.103. The Bertz CT molecular complexity index is 285. The highest BCUT2D eigenvalue weighted by molar-refractivity contribution is 5.76. The normalized spacial score (nSPS) is 22.3. The van der Waals surface area contributed by atoms with Gasteiger partial charge in [-0.2, -0.15) is 0 Å². The molecular weight excluding hydrogens is 212 g/mol. The Hall–Kier alpha value is -0.570. The maximum atomic E-state index is 11.7. The van der Waals surface area contributed by atoms with Crippen molar-refractivity contribution >= 4 is 5.91 Å². The number of nitrogens with one attached hydrogen (secondary N) is 2. The van der Waals surface area contributed by atoms with Gasteiger partial charge in [-0.25, -0.2) is 0 Å². The number of rotatable bonds is 6. The van der Waals surface area contributed by atoms with Gasteiger partial charge in [0.25, 0.3) is 0 Å². The third-order valence-corrected chi connectivity index (χ3v) is 3.98. The minimum Gasteiger partial charge on any atom is -0.355 e. The van der Waals surface area contributed by atoms with Gasteiger partial charge in [-0.05, 0) is 57.8 Å². The zero-order chi connectivity index (χ0) is 12.5. The van der Waals surface area contributed by atoms with Crippen molar-refractivity contribution in [3.8, 4) is 0 Å². The van der Waals surface area contributed by atoms with Crippen LogP contribution in [0.2, 0.25) is 0 Å². The van der Waals surface area contributed by atoms with Gasteiger partial charge in [0.1, 0.15) is 0 Å². The highest BCUT2D eigenvalue weighted by atomic mass is 16.1. The van der Waals surface area contributed by atoms with Gasteiger partial charge < -0.3 is 10.6 Å². The van der Waals surface area contributed by atoms with Crippen LogP contribution in [0, 0.1) is 11.3 Å². The summed E-state index contributed by atoms with van der Waals surface area (Å²) in [5, 5.41) is 6.45. The van der Waals surface area contributed by atoms with Crippen LogP contribution in [0.25, 0.3) is 0 Å². The summed E-state index contributed by atoms with van der Waals surface area (Å²) in [5.74, 6) is 1.13. The average Bonchev–Trinajstić information content (AvgIpc) is 3.05. The summed E-state index contributed by atoms with van der Waals surface area (Å²) >= 11 is 0. The number of carbonyl (C=O) groups is 1. The summed E-state index contributed by atoms with van der Waals surface area (Å²) < 4.78 is 0. The number of carbonyl (C=O) groups excluding carboxylic acids is 1. The predicted molar refractivity (Wildman–Crippen MR) is 69.8 cm³/mol. The van der Waals surface area contributed by atoms with E-state index in [1.165, 1.54) is 25.7 Å². The molecule has 0 bridgehead atoms. The average molecular weight is 238 g/mol. The molecule has 2 aliphatic carbocycles. The maximum absolute atomic E-state index is 11.7. The molecule has 0 aromatic rings. The molecular formula is C14H26N2O. The number of hydrogen-bond donors (Lipinski definition) is 2. The van der Waals surface area contributed by atoms with Gasteiger partial charge in [-0.1, -0.05) is 0 Å². The van der Waals surface area contributed by atoms with Crippen LogP contribution in [-0.4, -0.2) is 24.5 Å². The molecule has 0 aromatic carbocycles. The lowest BCUT2D eigenvalue weighted by molar-refractivity contribution is -0.121. The third kappa shape index (κ3) is 3.98. The Labute approximate surface area is 105 Å².